The molecule has 9 heteroatoms. The molecule has 1 fully saturated rings. The zero-order chi connectivity index (χ0) is 17.5. The number of rotatable bonds is 5. The SMILES string of the molecule is CCSc1cc(CN=C(N)N2CCN(c3ncccn3)CC2)ccn1.I. The zero-order valence-electron chi connectivity index (χ0n) is 14.8. The molecular formula is C17H24IN7S. The van der Waals surface area contributed by atoms with Crippen molar-refractivity contribution in [3.8, 4) is 0 Å². The van der Waals surface area contributed by atoms with Crippen LogP contribution in [0, 0.1) is 0 Å². The predicted molar refractivity (Wildman–Crippen MR) is 117 cm³/mol. The lowest BCUT2D eigenvalue weighted by Gasteiger charge is -2.35. The summed E-state index contributed by atoms with van der Waals surface area (Å²) in [5, 5.41) is 1.03. The number of hydrogen-bond acceptors (Lipinski definition) is 6. The van der Waals surface area contributed by atoms with Crippen molar-refractivity contribution in [2.75, 3.05) is 36.8 Å². The fourth-order valence-corrected chi connectivity index (χ4v) is 3.30. The first kappa shape index (κ1) is 20.7. The Bertz CT molecular complexity index is 705. The van der Waals surface area contributed by atoms with Crippen molar-refractivity contribution in [1.82, 2.24) is 19.9 Å². The van der Waals surface area contributed by atoms with Crippen LogP contribution in [0.1, 0.15) is 12.5 Å². The van der Waals surface area contributed by atoms with Gasteiger partial charge in [-0.15, -0.1) is 35.7 Å². The standard InChI is InChI=1S/C17H23N7S.HI/c1-2-25-15-12-14(4-7-19-15)13-22-16(18)23-8-10-24(11-9-23)17-20-5-3-6-21-17;/h3-7,12H,2,8-11,13H2,1H3,(H2,18,22);1H. The third-order valence-corrected chi connectivity index (χ3v) is 4.76. The molecule has 2 aromatic heterocycles. The first-order chi connectivity index (χ1) is 12.3. The van der Waals surface area contributed by atoms with E-state index in [1.54, 1.807) is 24.2 Å². The van der Waals surface area contributed by atoms with Gasteiger partial charge in [0.2, 0.25) is 5.95 Å². The summed E-state index contributed by atoms with van der Waals surface area (Å²) in [5.41, 5.74) is 7.31. The van der Waals surface area contributed by atoms with E-state index in [9.17, 15) is 0 Å². The van der Waals surface area contributed by atoms with Crippen LogP contribution in [0.4, 0.5) is 5.95 Å². The van der Waals surface area contributed by atoms with E-state index in [-0.39, 0.29) is 24.0 Å². The molecule has 0 spiro atoms. The number of nitrogens with zero attached hydrogens (tertiary/aromatic N) is 6. The van der Waals surface area contributed by atoms with Crippen molar-refractivity contribution in [2.24, 2.45) is 10.7 Å². The Hall–Kier alpha value is -1.62. The van der Waals surface area contributed by atoms with Crippen molar-refractivity contribution in [2.45, 2.75) is 18.5 Å². The number of anilines is 1. The number of piperazine rings is 1. The lowest BCUT2D eigenvalue weighted by Crippen LogP contribution is -2.51. The maximum atomic E-state index is 6.18. The first-order valence-corrected chi connectivity index (χ1v) is 9.39. The van der Waals surface area contributed by atoms with Crippen molar-refractivity contribution in [3.05, 3.63) is 42.4 Å². The van der Waals surface area contributed by atoms with Gasteiger partial charge in [0.1, 0.15) is 0 Å². The number of aliphatic imine (C=N–C) groups is 1. The van der Waals surface area contributed by atoms with Crippen LogP contribution in [0.5, 0.6) is 0 Å². The second kappa shape index (κ2) is 10.5. The number of aromatic nitrogens is 3. The molecule has 1 aliphatic rings. The van der Waals surface area contributed by atoms with Crippen LogP contribution in [0.2, 0.25) is 0 Å². The molecule has 3 heterocycles. The average molecular weight is 485 g/mol. The van der Waals surface area contributed by atoms with Crippen LogP contribution >= 0.6 is 35.7 Å². The quantitative estimate of drug-likeness (QED) is 0.301. The van der Waals surface area contributed by atoms with Crippen molar-refractivity contribution >= 4 is 47.6 Å². The molecule has 7 nitrogen and oxygen atoms in total. The largest absolute Gasteiger partial charge is 0.370 e. The van der Waals surface area contributed by atoms with Gasteiger partial charge in [0.15, 0.2) is 5.96 Å². The minimum Gasteiger partial charge on any atom is -0.370 e. The summed E-state index contributed by atoms with van der Waals surface area (Å²) in [5.74, 6) is 2.38. The summed E-state index contributed by atoms with van der Waals surface area (Å²) >= 11 is 1.73. The Morgan fingerprint density at radius 2 is 1.88 bits per heavy atom. The van der Waals surface area contributed by atoms with E-state index in [2.05, 4.69) is 42.7 Å². The first-order valence-electron chi connectivity index (χ1n) is 8.41. The highest BCUT2D eigenvalue weighted by Gasteiger charge is 2.19. The molecule has 140 valence electrons. The zero-order valence-corrected chi connectivity index (χ0v) is 17.9. The number of thioether (sulfide) groups is 1. The van der Waals surface area contributed by atoms with Crippen LogP contribution < -0.4 is 10.6 Å². The van der Waals surface area contributed by atoms with E-state index in [4.69, 9.17) is 5.73 Å². The Kier molecular flexibility index (Phi) is 8.36. The van der Waals surface area contributed by atoms with Crippen LogP contribution in [0.3, 0.4) is 0 Å². The topological polar surface area (TPSA) is 83.5 Å². The molecule has 0 unspecified atom stereocenters. The van der Waals surface area contributed by atoms with Gasteiger partial charge in [-0.05, 0) is 29.5 Å². The molecule has 1 saturated heterocycles. The number of pyridine rings is 1. The van der Waals surface area contributed by atoms with E-state index in [1.807, 2.05) is 18.3 Å². The van der Waals surface area contributed by atoms with Gasteiger partial charge >= 0.3 is 0 Å². The second-order valence-corrected chi connectivity index (χ2v) is 6.92. The van der Waals surface area contributed by atoms with Crippen LogP contribution in [-0.4, -0.2) is 57.7 Å². The predicted octanol–water partition coefficient (Wildman–Crippen LogP) is 2.24. The smallest absolute Gasteiger partial charge is 0.225 e. The molecule has 0 radical (unpaired) electrons. The monoisotopic (exact) mass is 485 g/mol. The summed E-state index contributed by atoms with van der Waals surface area (Å²) < 4.78 is 0. The summed E-state index contributed by atoms with van der Waals surface area (Å²) in [6.45, 7) is 6.02. The van der Waals surface area contributed by atoms with E-state index in [1.165, 1.54) is 0 Å². The molecule has 3 rings (SSSR count). The van der Waals surface area contributed by atoms with Crippen molar-refractivity contribution < 1.29 is 0 Å². The minimum absolute atomic E-state index is 0. The molecule has 0 atom stereocenters. The second-order valence-electron chi connectivity index (χ2n) is 5.63. The highest BCUT2D eigenvalue weighted by Crippen LogP contribution is 2.16. The highest BCUT2D eigenvalue weighted by molar-refractivity contribution is 14.0. The van der Waals surface area contributed by atoms with E-state index in [0.29, 0.717) is 12.5 Å². The van der Waals surface area contributed by atoms with Gasteiger partial charge in [-0.3, -0.25) is 0 Å². The molecule has 2 N–H and O–H groups in total. The summed E-state index contributed by atoms with van der Waals surface area (Å²) in [7, 11) is 0. The highest BCUT2D eigenvalue weighted by atomic mass is 127. The van der Waals surface area contributed by atoms with Gasteiger partial charge in [0, 0.05) is 44.8 Å². The summed E-state index contributed by atoms with van der Waals surface area (Å²) in [6, 6.07) is 5.89. The van der Waals surface area contributed by atoms with Gasteiger partial charge in [0.25, 0.3) is 0 Å². The Morgan fingerprint density at radius 3 is 2.58 bits per heavy atom. The van der Waals surface area contributed by atoms with E-state index < -0.39 is 0 Å². The molecule has 26 heavy (non-hydrogen) atoms. The third-order valence-electron chi connectivity index (χ3n) is 3.95. The van der Waals surface area contributed by atoms with Crippen LogP contribution in [-0.2, 0) is 6.54 Å². The Balaban J connectivity index is 0.00000243. The van der Waals surface area contributed by atoms with E-state index in [0.717, 1.165) is 48.5 Å². The third kappa shape index (κ3) is 5.70. The lowest BCUT2D eigenvalue weighted by molar-refractivity contribution is 0.378. The average Bonchev–Trinajstić information content (AvgIpc) is 2.67. The van der Waals surface area contributed by atoms with Gasteiger partial charge in [-0.1, -0.05) is 6.92 Å². The molecule has 0 amide bonds. The van der Waals surface area contributed by atoms with Crippen LogP contribution in [0.15, 0.2) is 46.8 Å². The Morgan fingerprint density at radius 1 is 1.15 bits per heavy atom. The van der Waals surface area contributed by atoms with Gasteiger partial charge < -0.3 is 15.5 Å². The molecule has 0 aromatic carbocycles. The molecular weight excluding hydrogens is 461 g/mol. The number of nitrogens with two attached hydrogens (primary N) is 1. The number of guanidine groups is 1. The van der Waals surface area contributed by atoms with Gasteiger partial charge in [0.05, 0.1) is 11.6 Å². The van der Waals surface area contributed by atoms with Gasteiger partial charge in [-0.25, -0.2) is 19.9 Å². The summed E-state index contributed by atoms with van der Waals surface area (Å²) in [4.78, 5) is 21.8. The normalized spacial score (nSPS) is 14.9. The molecule has 2 aromatic rings. The molecule has 0 aliphatic carbocycles. The molecule has 0 saturated carbocycles. The Labute approximate surface area is 175 Å². The fourth-order valence-electron chi connectivity index (χ4n) is 2.64. The summed E-state index contributed by atoms with van der Waals surface area (Å²) in [6.07, 6.45) is 5.37. The van der Waals surface area contributed by atoms with Crippen LogP contribution in [0.25, 0.3) is 0 Å². The lowest BCUT2D eigenvalue weighted by atomic mass is 10.3. The number of hydrogen-bond donors (Lipinski definition) is 1. The van der Waals surface area contributed by atoms with E-state index >= 15 is 0 Å². The molecule has 1 aliphatic heterocycles. The van der Waals surface area contributed by atoms with Crippen molar-refractivity contribution in [3.63, 3.8) is 0 Å². The fraction of sp³-hybridized carbons (Fsp3) is 0.412. The number of halogens is 1. The maximum absolute atomic E-state index is 6.18. The minimum atomic E-state index is 0. The van der Waals surface area contributed by atoms with Crippen molar-refractivity contribution in [1.29, 1.82) is 0 Å². The van der Waals surface area contributed by atoms with Gasteiger partial charge in [-0.2, -0.15) is 0 Å². The maximum Gasteiger partial charge on any atom is 0.225 e. The molecule has 0 bridgehead atoms.